The first-order chi connectivity index (χ1) is 8.11. The molecule has 92 valence electrons. The summed E-state index contributed by atoms with van der Waals surface area (Å²) in [7, 11) is 0. The van der Waals surface area contributed by atoms with Crippen molar-refractivity contribution in [3.05, 3.63) is 36.9 Å². The maximum Gasteiger partial charge on any atom is 0.319 e. The van der Waals surface area contributed by atoms with Crippen molar-refractivity contribution in [1.29, 1.82) is 0 Å². The number of amides is 2. The second-order valence-electron chi connectivity index (χ2n) is 3.88. The number of benzene rings is 1. The topological polar surface area (TPSA) is 50.4 Å². The molecule has 1 rings (SSSR count). The molecule has 2 N–H and O–H groups in total. The second kappa shape index (κ2) is 6.58. The molecule has 0 unspecified atom stereocenters. The van der Waals surface area contributed by atoms with Gasteiger partial charge in [0, 0.05) is 17.8 Å². The lowest BCUT2D eigenvalue weighted by atomic mass is 10.3. The number of carbonyl (C=O) groups is 1. The van der Waals surface area contributed by atoms with Crippen LogP contribution in [0.2, 0.25) is 0 Å². The number of hydrogen-bond donors (Lipinski definition) is 2. The van der Waals surface area contributed by atoms with Crippen LogP contribution in [0.15, 0.2) is 36.9 Å². The van der Waals surface area contributed by atoms with Gasteiger partial charge in [0.1, 0.15) is 12.4 Å². The molecule has 0 fully saturated rings. The van der Waals surface area contributed by atoms with Gasteiger partial charge >= 0.3 is 6.03 Å². The van der Waals surface area contributed by atoms with Crippen molar-refractivity contribution in [2.45, 2.75) is 19.9 Å². The Bertz CT molecular complexity index is 389. The van der Waals surface area contributed by atoms with Crippen molar-refractivity contribution in [2.24, 2.45) is 0 Å². The van der Waals surface area contributed by atoms with Gasteiger partial charge < -0.3 is 15.4 Å². The molecule has 0 saturated carbocycles. The van der Waals surface area contributed by atoms with Gasteiger partial charge in [-0.2, -0.15) is 0 Å². The lowest BCUT2D eigenvalue weighted by molar-refractivity contribution is 0.250. The molecule has 0 aliphatic heterocycles. The molecule has 17 heavy (non-hydrogen) atoms. The Balaban J connectivity index is 2.58. The highest BCUT2D eigenvalue weighted by Crippen LogP contribution is 2.17. The minimum Gasteiger partial charge on any atom is -0.489 e. The number of anilines is 1. The molecule has 0 atom stereocenters. The van der Waals surface area contributed by atoms with Gasteiger partial charge in [0.2, 0.25) is 0 Å². The smallest absolute Gasteiger partial charge is 0.319 e. The van der Waals surface area contributed by atoms with Crippen LogP contribution < -0.4 is 15.4 Å². The average molecular weight is 234 g/mol. The fourth-order valence-electron chi connectivity index (χ4n) is 1.25. The zero-order chi connectivity index (χ0) is 12.7. The fourth-order valence-corrected chi connectivity index (χ4v) is 1.25. The molecule has 1 aromatic carbocycles. The van der Waals surface area contributed by atoms with Gasteiger partial charge in [-0.3, -0.25) is 0 Å². The lowest BCUT2D eigenvalue weighted by Gasteiger charge is -2.11. The Kier molecular flexibility index (Phi) is 5.07. The van der Waals surface area contributed by atoms with E-state index in [1.54, 1.807) is 18.2 Å². The minimum absolute atomic E-state index is 0.107. The summed E-state index contributed by atoms with van der Waals surface area (Å²) in [6.07, 6.45) is 1.67. The molecule has 4 nitrogen and oxygen atoms in total. The summed E-state index contributed by atoms with van der Waals surface area (Å²) in [6.45, 7) is 7.83. The Morgan fingerprint density at radius 2 is 2.29 bits per heavy atom. The Morgan fingerprint density at radius 3 is 2.94 bits per heavy atom. The van der Waals surface area contributed by atoms with E-state index in [2.05, 4.69) is 17.2 Å². The number of hydrogen-bond acceptors (Lipinski definition) is 2. The normalized spacial score (nSPS) is 9.82. The van der Waals surface area contributed by atoms with Gasteiger partial charge in [-0.05, 0) is 26.0 Å². The maximum absolute atomic E-state index is 11.5. The van der Waals surface area contributed by atoms with E-state index < -0.39 is 0 Å². The molecule has 0 bridgehead atoms. The highest BCUT2D eigenvalue weighted by Gasteiger charge is 2.03. The Morgan fingerprint density at radius 1 is 1.53 bits per heavy atom. The van der Waals surface area contributed by atoms with Crippen LogP contribution in [0.5, 0.6) is 5.75 Å². The number of ether oxygens (including phenoxy) is 1. The molecule has 0 saturated heterocycles. The third-order valence-corrected chi connectivity index (χ3v) is 1.88. The predicted molar refractivity (Wildman–Crippen MR) is 69.4 cm³/mol. The highest BCUT2D eigenvalue weighted by molar-refractivity contribution is 5.89. The number of carbonyl (C=O) groups excluding carboxylic acids is 1. The number of urea groups is 1. The van der Waals surface area contributed by atoms with Crippen LogP contribution in [0.3, 0.4) is 0 Å². The van der Waals surface area contributed by atoms with Crippen molar-refractivity contribution >= 4 is 11.7 Å². The van der Waals surface area contributed by atoms with Crippen LogP contribution in [0.4, 0.5) is 10.5 Å². The first-order valence-corrected chi connectivity index (χ1v) is 5.53. The first-order valence-electron chi connectivity index (χ1n) is 5.53. The molecule has 0 aromatic heterocycles. The Hall–Kier alpha value is -1.97. The van der Waals surface area contributed by atoms with E-state index in [1.165, 1.54) is 0 Å². The zero-order valence-corrected chi connectivity index (χ0v) is 10.2. The van der Waals surface area contributed by atoms with Gasteiger partial charge in [0.05, 0.1) is 0 Å². The SMILES string of the molecule is C=CCOc1cccc(NC(=O)NC(C)C)c1. The van der Waals surface area contributed by atoms with Crippen molar-refractivity contribution in [2.75, 3.05) is 11.9 Å². The monoisotopic (exact) mass is 234 g/mol. The molecule has 1 aromatic rings. The van der Waals surface area contributed by atoms with Crippen molar-refractivity contribution in [3.63, 3.8) is 0 Å². The molecule has 4 heteroatoms. The van der Waals surface area contributed by atoms with Crippen LogP contribution in [0, 0.1) is 0 Å². The van der Waals surface area contributed by atoms with Crippen LogP contribution in [0.25, 0.3) is 0 Å². The Labute approximate surface area is 102 Å². The second-order valence-corrected chi connectivity index (χ2v) is 3.88. The van der Waals surface area contributed by atoms with Crippen LogP contribution in [-0.4, -0.2) is 18.7 Å². The standard InChI is InChI=1S/C13H18N2O2/c1-4-8-17-12-7-5-6-11(9-12)15-13(16)14-10(2)3/h4-7,9-10H,1,8H2,2-3H3,(H2,14,15,16). The fraction of sp³-hybridized carbons (Fsp3) is 0.308. The largest absolute Gasteiger partial charge is 0.489 e. The minimum atomic E-state index is -0.221. The quantitative estimate of drug-likeness (QED) is 0.770. The summed E-state index contributed by atoms with van der Waals surface area (Å²) < 4.78 is 5.37. The van der Waals surface area contributed by atoms with Crippen molar-refractivity contribution in [1.82, 2.24) is 5.32 Å². The van der Waals surface area contributed by atoms with Gasteiger partial charge in [-0.1, -0.05) is 18.7 Å². The van der Waals surface area contributed by atoms with Crippen LogP contribution in [-0.2, 0) is 0 Å². The summed E-state index contributed by atoms with van der Waals surface area (Å²) in [6, 6.07) is 7.11. The maximum atomic E-state index is 11.5. The summed E-state index contributed by atoms with van der Waals surface area (Å²) in [5.74, 6) is 0.701. The lowest BCUT2D eigenvalue weighted by Crippen LogP contribution is -2.34. The van der Waals surface area contributed by atoms with E-state index in [0.29, 0.717) is 18.0 Å². The van der Waals surface area contributed by atoms with E-state index in [1.807, 2.05) is 26.0 Å². The van der Waals surface area contributed by atoms with E-state index >= 15 is 0 Å². The summed E-state index contributed by atoms with van der Waals surface area (Å²) in [5, 5.41) is 5.48. The summed E-state index contributed by atoms with van der Waals surface area (Å²) in [5.41, 5.74) is 0.699. The molecule has 0 aliphatic carbocycles. The van der Waals surface area contributed by atoms with Gasteiger partial charge in [-0.15, -0.1) is 0 Å². The molecule has 0 spiro atoms. The van der Waals surface area contributed by atoms with E-state index in [-0.39, 0.29) is 12.1 Å². The zero-order valence-electron chi connectivity index (χ0n) is 10.2. The summed E-state index contributed by atoms with van der Waals surface area (Å²) >= 11 is 0. The number of nitrogens with one attached hydrogen (secondary N) is 2. The van der Waals surface area contributed by atoms with Gasteiger partial charge in [-0.25, -0.2) is 4.79 Å². The molecular formula is C13H18N2O2. The van der Waals surface area contributed by atoms with Gasteiger partial charge in [0.25, 0.3) is 0 Å². The van der Waals surface area contributed by atoms with E-state index in [4.69, 9.17) is 4.74 Å². The van der Waals surface area contributed by atoms with E-state index in [9.17, 15) is 4.79 Å². The van der Waals surface area contributed by atoms with Crippen molar-refractivity contribution < 1.29 is 9.53 Å². The third kappa shape index (κ3) is 5.06. The number of rotatable bonds is 5. The molecule has 0 heterocycles. The van der Waals surface area contributed by atoms with Crippen LogP contribution >= 0.6 is 0 Å². The molecule has 2 amide bonds. The average Bonchev–Trinajstić information content (AvgIpc) is 2.25. The van der Waals surface area contributed by atoms with Gasteiger partial charge in [0.15, 0.2) is 0 Å². The van der Waals surface area contributed by atoms with Crippen molar-refractivity contribution in [3.8, 4) is 5.75 Å². The highest BCUT2D eigenvalue weighted by atomic mass is 16.5. The predicted octanol–water partition coefficient (Wildman–Crippen LogP) is 2.78. The molecule has 0 radical (unpaired) electrons. The van der Waals surface area contributed by atoms with E-state index in [0.717, 1.165) is 0 Å². The third-order valence-electron chi connectivity index (χ3n) is 1.88. The van der Waals surface area contributed by atoms with Crippen LogP contribution in [0.1, 0.15) is 13.8 Å². The molecular weight excluding hydrogens is 216 g/mol. The summed E-state index contributed by atoms with van der Waals surface area (Å²) in [4.78, 5) is 11.5. The first kappa shape index (κ1) is 13.1. The molecule has 0 aliphatic rings.